The van der Waals surface area contributed by atoms with Crippen molar-refractivity contribution in [2.75, 3.05) is 6.61 Å². The third-order valence-corrected chi connectivity index (χ3v) is 10.3. The van der Waals surface area contributed by atoms with Crippen molar-refractivity contribution in [3.05, 3.63) is 51.7 Å². The zero-order chi connectivity index (χ0) is 20.5. The molecule has 0 spiro atoms. The molecule has 0 aliphatic carbocycles. The first-order valence-electron chi connectivity index (χ1n) is 9.51. The number of benzene rings is 1. The number of carbonyl (C=O) groups excluding carboxylic acids is 1. The molecule has 2 aliphatic heterocycles. The third-order valence-electron chi connectivity index (χ3n) is 5.74. The Morgan fingerprint density at radius 2 is 1.96 bits per heavy atom. The maximum absolute atomic E-state index is 12.2. The molecule has 1 aromatic rings. The van der Waals surface area contributed by atoms with Crippen molar-refractivity contribution in [3.63, 3.8) is 0 Å². The van der Waals surface area contributed by atoms with Gasteiger partial charge in [-0.15, -0.1) is 4.91 Å². The number of carbonyl (C=O) groups is 1. The molecule has 1 aromatic carbocycles. The number of fused-ring (bicyclic) bond motifs is 3. The molecule has 2 aliphatic rings. The van der Waals surface area contributed by atoms with Crippen LogP contribution in [0.3, 0.4) is 0 Å². The molecule has 28 heavy (non-hydrogen) atoms. The lowest BCUT2D eigenvalue weighted by Crippen LogP contribution is -2.41. The number of nitrogens with zero attached hydrogens (tertiary/aromatic N) is 2. The Hall–Kier alpha value is -2.38. The molecule has 0 saturated heterocycles. The Morgan fingerprint density at radius 1 is 1.25 bits per heavy atom. The van der Waals surface area contributed by atoms with Gasteiger partial charge in [0, 0.05) is 24.0 Å². The Bertz CT molecular complexity index is 908. The van der Waals surface area contributed by atoms with E-state index in [9.17, 15) is 9.70 Å². The molecular formula is C21H27N3O3Si. The van der Waals surface area contributed by atoms with Crippen LogP contribution < -0.4 is 5.32 Å². The van der Waals surface area contributed by atoms with Crippen LogP contribution >= 0.6 is 0 Å². The molecule has 3 rings (SSSR count). The second-order valence-corrected chi connectivity index (χ2v) is 13.5. The lowest BCUT2D eigenvalue weighted by Gasteiger charge is -2.36. The summed E-state index contributed by atoms with van der Waals surface area (Å²) < 4.78 is 6.30. The van der Waals surface area contributed by atoms with Gasteiger partial charge in [0.05, 0.1) is 17.8 Å². The Morgan fingerprint density at radius 3 is 2.64 bits per heavy atom. The van der Waals surface area contributed by atoms with E-state index >= 15 is 0 Å². The molecule has 2 heterocycles. The minimum absolute atomic E-state index is 0.0234. The van der Waals surface area contributed by atoms with E-state index in [2.05, 4.69) is 49.4 Å². The first-order chi connectivity index (χ1) is 13.1. The normalized spacial score (nSPS) is 17.1. The minimum atomic E-state index is -1.88. The Labute approximate surface area is 166 Å². The van der Waals surface area contributed by atoms with Gasteiger partial charge in [-0.1, -0.05) is 39.0 Å². The van der Waals surface area contributed by atoms with Crippen molar-refractivity contribution in [1.82, 2.24) is 5.32 Å². The topological polar surface area (TPSA) is 80.1 Å². The first kappa shape index (κ1) is 20.4. The SMILES string of the molecule is CC(C)(C)[Si](C)(C)OCCC1=C2NC(=O)CC(N=O)=C2c2ccccc2N=C1. The number of allylic oxidation sites excluding steroid dienone is 1. The van der Waals surface area contributed by atoms with Gasteiger partial charge in [0.1, 0.15) is 5.70 Å². The van der Waals surface area contributed by atoms with Crippen LogP contribution in [-0.2, 0) is 9.22 Å². The number of hydrogen-bond donors (Lipinski definition) is 1. The maximum atomic E-state index is 12.2. The third kappa shape index (κ3) is 3.91. The summed E-state index contributed by atoms with van der Waals surface area (Å²) in [6.45, 7) is 11.6. The highest BCUT2D eigenvalue weighted by atomic mass is 28.4. The van der Waals surface area contributed by atoms with E-state index in [0.29, 0.717) is 24.3 Å². The fourth-order valence-electron chi connectivity index (χ4n) is 3.07. The predicted molar refractivity (Wildman–Crippen MR) is 115 cm³/mol. The molecule has 7 heteroatoms. The Balaban J connectivity index is 1.99. The molecule has 6 nitrogen and oxygen atoms in total. The fraction of sp³-hybridized carbons (Fsp3) is 0.429. The number of hydrogen-bond acceptors (Lipinski definition) is 5. The van der Waals surface area contributed by atoms with Gasteiger partial charge in [0.2, 0.25) is 5.91 Å². The summed E-state index contributed by atoms with van der Waals surface area (Å²) in [7, 11) is -1.88. The summed E-state index contributed by atoms with van der Waals surface area (Å²) in [6, 6.07) is 7.59. The maximum Gasteiger partial charge on any atom is 0.230 e. The number of para-hydroxylation sites is 1. The van der Waals surface area contributed by atoms with Crippen LogP contribution in [0.4, 0.5) is 5.69 Å². The van der Waals surface area contributed by atoms with Crippen molar-refractivity contribution >= 4 is 31.7 Å². The quantitative estimate of drug-likeness (QED) is 0.556. The van der Waals surface area contributed by atoms with E-state index in [1.165, 1.54) is 0 Å². The zero-order valence-electron chi connectivity index (χ0n) is 17.1. The molecule has 0 unspecified atom stereocenters. The highest BCUT2D eigenvalue weighted by molar-refractivity contribution is 6.74. The van der Waals surface area contributed by atoms with Gasteiger partial charge >= 0.3 is 0 Å². The number of nitrogens with one attached hydrogen (secondary N) is 1. The average molecular weight is 398 g/mol. The largest absolute Gasteiger partial charge is 0.416 e. The lowest BCUT2D eigenvalue weighted by molar-refractivity contribution is -0.119. The summed E-state index contributed by atoms with van der Waals surface area (Å²) in [6.07, 6.45) is 2.34. The van der Waals surface area contributed by atoms with Crippen LogP contribution in [0, 0.1) is 4.91 Å². The highest BCUT2D eigenvalue weighted by Gasteiger charge is 2.37. The second-order valence-electron chi connectivity index (χ2n) is 8.67. The van der Waals surface area contributed by atoms with E-state index in [1.807, 2.05) is 24.3 Å². The predicted octanol–water partition coefficient (Wildman–Crippen LogP) is 5.07. The second kappa shape index (κ2) is 7.56. The smallest absolute Gasteiger partial charge is 0.230 e. The van der Waals surface area contributed by atoms with Gasteiger partial charge in [-0.3, -0.25) is 9.79 Å². The monoisotopic (exact) mass is 397 g/mol. The average Bonchev–Trinajstić information content (AvgIpc) is 2.77. The lowest BCUT2D eigenvalue weighted by atomic mass is 9.92. The van der Waals surface area contributed by atoms with Crippen molar-refractivity contribution < 1.29 is 9.22 Å². The molecule has 0 saturated carbocycles. The van der Waals surface area contributed by atoms with Gasteiger partial charge in [-0.25, -0.2) is 0 Å². The van der Waals surface area contributed by atoms with E-state index in [0.717, 1.165) is 16.8 Å². The van der Waals surface area contributed by atoms with Crippen LogP contribution in [0.1, 0.15) is 39.2 Å². The number of rotatable bonds is 5. The highest BCUT2D eigenvalue weighted by Crippen LogP contribution is 2.40. The van der Waals surface area contributed by atoms with E-state index in [-0.39, 0.29) is 23.1 Å². The Kier molecular flexibility index (Phi) is 5.50. The van der Waals surface area contributed by atoms with E-state index in [1.54, 1.807) is 6.21 Å². The number of aliphatic imine (C=N–C) groups is 1. The first-order valence-corrected chi connectivity index (χ1v) is 12.4. The van der Waals surface area contributed by atoms with Crippen molar-refractivity contribution in [3.8, 4) is 0 Å². The number of amides is 1. The molecule has 1 amide bonds. The standard InChI is InChI=1S/C21H27N3O3Si/c1-21(2,3)28(4,5)27-11-10-14-13-22-16-9-7-6-8-15(16)19-17(24-26)12-18(25)23-20(14)19/h6-9,13H,10-12H2,1-5H3,(H,23,25). The summed E-state index contributed by atoms with van der Waals surface area (Å²) in [5.41, 5.74) is 3.96. The van der Waals surface area contributed by atoms with E-state index in [4.69, 9.17) is 4.43 Å². The molecule has 1 N–H and O–H groups in total. The number of nitroso groups, excluding NO2 is 1. The minimum Gasteiger partial charge on any atom is -0.416 e. The molecular weight excluding hydrogens is 370 g/mol. The van der Waals surface area contributed by atoms with Crippen LogP contribution in [0.25, 0.3) is 5.57 Å². The molecule has 0 bridgehead atoms. The van der Waals surface area contributed by atoms with Crippen LogP contribution in [-0.4, -0.2) is 27.0 Å². The van der Waals surface area contributed by atoms with Gasteiger partial charge in [0.25, 0.3) is 0 Å². The van der Waals surface area contributed by atoms with Gasteiger partial charge in [-0.05, 0) is 41.4 Å². The molecule has 0 fully saturated rings. The van der Waals surface area contributed by atoms with Crippen molar-refractivity contribution in [1.29, 1.82) is 0 Å². The van der Waals surface area contributed by atoms with Crippen molar-refractivity contribution in [2.45, 2.75) is 51.7 Å². The molecule has 0 aromatic heterocycles. The fourth-order valence-corrected chi connectivity index (χ4v) is 4.12. The molecule has 148 valence electrons. The zero-order valence-corrected chi connectivity index (χ0v) is 18.1. The molecule has 0 atom stereocenters. The molecule has 0 radical (unpaired) electrons. The van der Waals surface area contributed by atoms with Crippen molar-refractivity contribution in [2.24, 2.45) is 10.2 Å². The van der Waals surface area contributed by atoms with Gasteiger partial charge < -0.3 is 9.74 Å². The summed E-state index contributed by atoms with van der Waals surface area (Å²) in [4.78, 5) is 28.2. The summed E-state index contributed by atoms with van der Waals surface area (Å²) in [5.74, 6) is -0.232. The van der Waals surface area contributed by atoms with Crippen LogP contribution in [0.15, 0.2) is 51.4 Å². The summed E-state index contributed by atoms with van der Waals surface area (Å²) >= 11 is 0. The van der Waals surface area contributed by atoms with Crippen LogP contribution in [0.2, 0.25) is 18.1 Å². The summed E-state index contributed by atoms with van der Waals surface area (Å²) in [5, 5.41) is 6.23. The van der Waals surface area contributed by atoms with Crippen LogP contribution in [0.5, 0.6) is 0 Å². The van der Waals surface area contributed by atoms with Gasteiger partial charge in [0.15, 0.2) is 8.32 Å². The van der Waals surface area contributed by atoms with E-state index < -0.39 is 8.32 Å². The van der Waals surface area contributed by atoms with Gasteiger partial charge in [-0.2, -0.15) is 0 Å².